The van der Waals surface area contributed by atoms with E-state index in [1.165, 1.54) is 6.26 Å². The number of amides is 1. The number of furan rings is 1. The van der Waals surface area contributed by atoms with Gasteiger partial charge in [0.1, 0.15) is 0 Å². The van der Waals surface area contributed by atoms with Crippen LogP contribution in [0.3, 0.4) is 0 Å². The molecule has 0 saturated heterocycles. The van der Waals surface area contributed by atoms with Crippen LogP contribution < -0.4 is 21.7 Å². The van der Waals surface area contributed by atoms with Crippen molar-refractivity contribution in [1.29, 1.82) is 0 Å². The summed E-state index contributed by atoms with van der Waals surface area (Å²) in [6, 6.07) is 15.5. The monoisotopic (exact) mass is 386 g/mol. The van der Waals surface area contributed by atoms with E-state index in [1.807, 2.05) is 0 Å². The molecule has 0 aliphatic heterocycles. The molecule has 3 aromatic rings. The summed E-state index contributed by atoms with van der Waals surface area (Å²) in [6.45, 7) is 0. The largest absolute Gasteiger partial charge is 0.459 e. The summed E-state index contributed by atoms with van der Waals surface area (Å²) in [4.78, 5) is 11.9. The Morgan fingerprint density at radius 2 is 1.58 bits per heavy atom. The Balaban J connectivity index is 1.57. The van der Waals surface area contributed by atoms with Gasteiger partial charge in [0.2, 0.25) is 0 Å². The molecule has 0 aliphatic carbocycles. The number of thiocarbonyl (C=S) groups is 1. The maximum absolute atomic E-state index is 11.9. The molecule has 0 unspecified atom stereocenters. The van der Waals surface area contributed by atoms with Crippen LogP contribution in [0.1, 0.15) is 10.6 Å². The number of anilines is 4. The first-order valence-electron chi connectivity index (χ1n) is 7.59. The second-order valence-corrected chi connectivity index (χ2v) is 6.14. The smallest absolute Gasteiger partial charge is 0.291 e. The Kier molecular flexibility index (Phi) is 5.40. The highest BCUT2D eigenvalue weighted by Crippen LogP contribution is 2.23. The quantitative estimate of drug-likeness (QED) is 0.387. The standard InChI is InChI=1S/C18H15ClN4O2S/c19-14-10-13(7-8-15(14)20)23-18(26)22-12-5-3-11(4-6-12)21-17(24)16-2-1-9-25-16/h1-10H,20H2,(H,21,24)(H2,22,23,26). The van der Waals surface area contributed by atoms with Gasteiger partial charge in [0.05, 0.1) is 17.0 Å². The number of carbonyl (C=O) groups is 1. The first-order chi connectivity index (χ1) is 12.5. The van der Waals surface area contributed by atoms with Crippen molar-refractivity contribution in [3.8, 4) is 0 Å². The van der Waals surface area contributed by atoms with Crippen molar-refractivity contribution in [2.75, 3.05) is 21.7 Å². The number of hydrogen-bond acceptors (Lipinski definition) is 4. The van der Waals surface area contributed by atoms with Gasteiger partial charge in [-0.05, 0) is 66.8 Å². The summed E-state index contributed by atoms with van der Waals surface area (Å²) in [5.74, 6) is -0.0622. The Labute approximate surface area is 160 Å². The van der Waals surface area contributed by atoms with Gasteiger partial charge in [0.15, 0.2) is 10.9 Å². The molecule has 26 heavy (non-hydrogen) atoms. The highest BCUT2D eigenvalue weighted by Gasteiger charge is 2.08. The minimum absolute atomic E-state index is 0.250. The third-order valence-electron chi connectivity index (χ3n) is 3.40. The molecule has 6 nitrogen and oxygen atoms in total. The van der Waals surface area contributed by atoms with Gasteiger partial charge in [0, 0.05) is 17.1 Å². The van der Waals surface area contributed by atoms with Crippen LogP contribution in [-0.4, -0.2) is 11.0 Å². The number of halogens is 1. The van der Waals surface area contributed by atoms with Gasteiger partial charge in [0.25, 0.3) is 5.91 Å². The lowest BCUT2D eigenvalue weighted by molar-refractivity contribution is 0.0996. The second-order valence-electron chi connectivity index (χ2n) is 5.32. The van der Waals surface area contributed by atoms with Gasteiger partial charge in [-0.15, -0.1) is 0 Å². The molecule has 0 saturated carbocycles. The Bertz CT molecular complexity index is 927. The summed E-state index contributed by atoms with van der Waals surface area (Å²) in [5.41, 5.74) is 8.31. The van der Waals surface area contributed by atoms with Crippen LogP contribution in [0.15, 0.2) is 65.3 Å². The van der Waals surface area contributed by atoms with Crippen molar-refractivity contribution >= 4 is 57.6 Å². The summed E-state index contributed by atoms with van der Waals surface area (Å²) in [5, 5.41) is 9.66. The number of nitrogens with two attached hydrogens (primary N) is 1. The molecule has 1 amide bonds. The van der Waals surface area contributed by atoms with Crippen molar-refractivity contribution in [1.82, 2.24) is 0 Å². The highest BCUT2D eigenvalue weighted by molar-refractivity contribution is 7.80. The van der Waals surface area contributed by atoms with Crippen molar-refractivity contribution in [3.63, 3.8) is 0 Å². The van der Waals surface area contributed by atoms with E-state index in [9.17, 15) is 4.79 Å². The second kappa shape index (κ2) is 7.90. The topological polar surface area (TPSA) is 92.3 Å². The molecule has 0 spiro atoms. The van der Waals surface area contributed by atoms with E-state index in [1.54, 1.807) is 54.6 Å². The number of hydrogen-bond donors (Lipinski definition) is 4. The van der Waals surface area contributed by atoms with Crippen LogP contribution in [0.25, 0.3) is 0 Å². The van der Waals surface area contributed by atoms with E-state index in [2.05, 4.69) is 16.0 Å². The highest BCUT2D eigenvalue weighted by atomic mass is 35.5. The molecular weight excluding hydrogens is 372 g/mol. The molecule has 0 radical (unpaired) electrons. The van der Waals surface area contributed by atoms with Crippen LogP contribution in [0.4, 0.5) is 22.7 Å². The molecule has 5 N–H and O–H groups in total. The molecule has 0 fully saturated rings. The van der Waals surface area contributed by atoms with E-state index < -0.39 is 0 Å². The predicted molar refractivity (Wildman–Crippen MR) is 109 cm³/mol. The van der Waals surface area contributed by atoms with Crippen LogP contribution in [-0.2, 0) is 0 Å². The van der Waals surface area contributed by atoms with Gasteiger partial charge in [-0.1, -0.05) is 11.6 Å². The lowest BCUT2D eigenvalue weighted by Crippen LogP contribution is -2.19. The van der Waals surface area contributed by atoms with Gasteiger partial charge in [-0.25, -0.2) is 0 Å². The summed E-state index contributed by atoms with van der Waals surface area (Å²) in [6.07, 6.45) is 1.45. The summed E-state index contributed by atoms with van der Waals surface area (Å²) >= 11 is 11.3. The first kappa shape index (κ1) is 17.8. The third-order valence-corrected chi connectivity index (χ3v) is 3.94. The maximum atomic E-state index is 11.9. The van der Waals surface area contributed by atoms with E-state index in [-0.39, 0.29) is 11.7 Å². The van der Waals surface area contributed by atoms with Crippen LogP contribution >= 0.6 is 23.8 Å². The molecule has 3 rings (SSSR count). The Morgan fingerprint density at radius 3 is 2.19 bits per heavy atom. The zero-order valence-corrected chi connectivity index (χ0v) is 15.0. The predicted octanol–water partition coefficient (Wildman–Crippen LogP) is 4.58. The van der Waals surface area contributed by atoms with Gasteiger partial charge in [-0.3, -0.25) is 4.79 Å². The summed E-state index contributed by atoms with van der Waals surface area (Å²) < 4.78 is 5.05. The fourth-order valence-electron chi connectivity index (χ4n) is 2.14. The van der Waals surface area contributed by atoms with Gasteiger partial charge in [-0.2, -0.15) is 0 Å². The van der Waals surface area contributed by atoms with Crippen molar-refractivity contribution in [2.45, 2.75) is 0 Å². The fraction of sp³-hybridized carbons (Fsp3) is 0. The molecule has 8 heteroatoms. The SMILES string of the molecule is Nc1ccc(NC(=S)Nc2ccc(NC(=O)c3ccco3)cc2)cc1Cl. The van der Waals surface area contributed by atoms with E-state index in [0.29, 0.717) is 21.5 Å². The van der Waals surface area contributed by atoms with Crippen molar-refractivity contribution in [2.24, 2.45) is 0 Å². The lowest BCUT2D eigenvalue weighted by Gasteiger charge is -2.12. The van der Waals surface area contributed by atoms with Gasteiger partial charge >= 0.3 is 0 Å². The number of nitrogen functional groups attached to an aromatic ring is 1. The molecule has 132 valence electrons. The Morgan fingerprint density at radius 1 is 0.962 bits per heavy atom. The zero-order chi connectivity index (χ0) is 18.5. The van der Waals surface area contributed by atoms with Crippen LogP contribution in [0.2, 0.25) is 5.02 Å². The van der Waals surface area contributed by atoms with Crippen LogP contribution in [0.5, 0.6) is 0 Å². The first-order valence-corrected chi connectivity index (χ1v) is 8.38. The number of rotatable bonds is 4. The third kappa shape index (κ3) is 4.53. The van der Waals surface area contributed by atoms with Crippen molar-refractivity contribution in [3.05, 3.63) is 71.6 Å². The van der Waals surface area contributed by atoms with Gasteiger partial charge < -0.3 is 26.1 Å². The molecule has 0 aliphatic rings. The minimum Gasteiger partial charge on any atom is -0.459 e. The molecular formula is C18H15ClN4O2S. The van der Waals surface area contributed by atoms with E-state index in [4.69, 9.17) is 34.0 Å². The van der Waals surface area contributed by atoms with E-state index in [0.717, 1.165) is 11.4 Å². The van der Waals surface area contributed by atoms with Crippen molar-refractivity contribution < 1.29 is 9.21 Å². The fourth-order valence-corrected chi connectivity index (χ4v) is 2.55. The van der Waals surface area contributed by atoms with Crippen LogP contribution in [0, 0.1) is 0 Å². The molecule has 1 aromatic heterocycles. The molecule has 0 bridgehead atoms. The molecule has 2 aromatic carbocycles. The number of carbonyl (C=O) groups excluding carboxylic acids is 1. The minimum atomic E-state index is -0.312. The van der Waals surface area contributed by atoms with E-state index >= 15 is 0 Å². The maximum Gasteiger partial charge on any atom is 0.291 e. The normalized spacial score (nSPS) is 10.2. The zero-order valence-electron chi connectivity index (χ0n) is 13.5. The average Bonchev–Trinajstić information content (AvgIpc) is 3.15. The average molecular weight is 387 g/mol. The molecule has 1 heterocycles. The molecule has 0 atom stereocenters. The number of benzene rings is 2. The Hall–Kier alpha value is -3.03. The lowest BCUT2D eigenvalue weighted by atomic mass is 10.2. The summed E-state index contributed by atoms with van der Waals surface area (Å²) in [7, 11) is 0. The number of nitrogens with one attached hydrogen (secondary N) is 3.